The van der Waals surface area contributed by atoms with Crippen LogP contribution in [0, 0.1) is 0 Å². The van der Waals surface area contributed by atoms with E-state index >= 15 is 0 Å². The smallest absolute Gasteiger partial charge is 0.150 e. The van der Waals surface area contributed by atoms with Gasteiger partial charge in [0, 0.05) is 18.3 Å². The summed E-state index contributed by atoms with van der Waals surface area (Å²) in [5, 5.41) is 7.54. The van der Waals surface area contributed by atoms with Crippen LogP contribution in [-0.4, -0.2) is 24.6 Å². The zero-order valence-corrected chi connectivity index (χ0v) is 11.7. The fourth-order valence-electron chi connectivity index (χ4n) is 2.26. The number of nitrogens with zero attached hydrogens (tertiary/aromatic N) is 1. The van der Waals surface area contributed by atoms with Crippen molar-refractivity contribution in [3.05, 3.63) is 34.9 Å². The minimum Gasteiger partial charge on any atom is -0.308 e. The fraction of sp³-hybridized carbons (Fsp3) is 0.467. The molecule has 2 rings (SSSR count). The van der Waals surface area contributed by atoms with Crippen molar-refractivity contribution in [1.29, 1.82) is 0 Å². The summed E-state index contributed by atoms with van der Waals surface area (Å²) in [4.78, 5) is 10.9. The highest BCUT2D eigenvalue weighted by Gasteiger charge is 2.25. The molecule has 1 aliphatic heterocycles. The molecule has 0 spiro atoms. The van der Waals surface area contributed by atoms with E-state index in [9.17, 15) is 4.79 Å². The third-order valence-corrected chi connectivity index (χ3v) is 3.49. The molecule has 0 saturated carbocycles. The van der Waals surface area contributed by atoms with Crippen LogP contribution in [0.1, 0.15) is 48.2 Å². The largest absolute Gasteiger partial charge is 0.308 e. The first-order valence-corrected chi connectivity index (χ1v) is 6.64. The Kier molecular flexibility index (Phi) is 4.00. The van der Waals surface area contributed by atoms with E-state index in [1.54, 1.807) is 0 Å². The summed E-state index contributed by atoms with van der Waals surface area (Å²) in [6, 6.07) is 5.90. The van der Waals surface area contributed by atoms with E-state index in [0.717, 1.165) is 24.9 Å². The van der Waals surface area contributed by atoms with E-state index in [4.69, 9.17) is 0 Å². The molecule has 19 heavy (non-hydrogen) atoms. The van der Waals surface area contributed by atoms with Gasteiger partial charge in [0.05, 0.1) is 12.1 Å². The number of carbonyl (C=O) groups is 1. The van der Waals surface area contributed by atoms with Crippen molar-refractivity contribution in [1.82, 2.24) is 10.7 Å². The molecule has 1 unspecified atom stereocenters. The molecule has 1 heterocycles. The number of rotatable bonds is 5. The highest BCUT2D eigenvalue weighted by molar-refractivity contribution is 5.75. The molecule has 0 saturated heterocycles. The molecule has 4 heteroatoms. The van der Waals surface area contributed by atoms with Gasteiger partial charge in [-0.3, -0.25) is 4.79 Å². The number of hydrogen-bond acceptors (Lipinski definition) is 4. The van der Waals surface area contributed by atoms with Crippen molar-refractivity contribution >= 4 is 12.5 Å². The molecule has 0 radical (unpaired) electrons. The lowest BCUT2D eigenvalue weighted by atomic mass is 9.94. The lowest BCUT2D eigenvalue weighted by molar-refractivity contribution is 0.112. The zero-order valence-electron chi connectivity index (χ0n) is 11.7. The average molecular weight is 259 g/mol. The van der Waals surface area contributed by atoms with E-state index in [1.807, 2.05) is 18.3 Å². The molecule has 1 aromatic carbocycles. The number of hydrazone groups is 1. The molecule has 102 valence electrons. The van der Waals surface area contributed by atoms with Gasteiger partial charge in [0.25, 0.3) is 0 Å². The minimum atomic E-state index is -0.120. The van der Waals surface area contributed by atoms with E-state index in [2.05, 4.69) is 42.7 Å². The molecule has 0 bridgehead atoms. The van der Waals surface area contributed by atoms with Crippen molar-refractivity contribution in [2.75, 3.05) is 6.54 Å². The Bertz CT molecular complexity index is 496. The number of aldehydes is 1. The summed E-state index contributed by atoms with van der Waals surface area (Å²) >= 11 is 0. The molecule has 4 nitrogen and oxygen atoms in total. The van der Waals surface area contributed by atoms with Gasteiger partial charge in [-0.2, -0.15) is 5.10 Å². The van der Waals surface area contributed by atoms with Gasteiger partial charge in [0.15, 0.2) is 0 Å². The van der Waals surface area contributed by atoms with Crippen LogP contribution in [0.2, 0.25) is 0 Å². The maximum Gasteiger partial charge on any atom is 0.150 e. The molecule has 0 aromatic heterocycles. The third kappa shape index (κ3) is 3.20. The molecule has 1 aliphatic rings. The first kappa shape index (κ1) is 13.7. The Balaban J connectivity index is 2.17. The topological polar surface area (TPSA) is 53.5 Å². The first-order chi connectivity index (χ1) is 9.04. The summed E-state index contributed by atoms with van der Waals surface area (Å²) in [5.41, 5.74) is 6.03. The molecule has 1 aromatic rings. The van der Waals surface area contributed by atoms with E-state index in [1.165, 1.54) is 11.1 Å². The molecule has 0 aliphatic carbocycles. The van der Waals surface area contributed by atoms with Gasteiger partial charge in [-0.05, 0) is 30.0 Å². The van der Waals surface area contributed by atoms with Crippen molar-refractivity contribution in [3.8, 4) is 0 Å². The normalized spacial score (nSPS) is 21.7. The summed E-state index contributed by atoms with van der Waals surface area (Å²) in [5.74, 6) is 0.445. The van der Waals surface area contributed by atoms with Gasteiger partial charge >= 0.3 is 0 Å². The standard InChI is InChI=1S/C15H21N3O/c1-11(2)14-5-4-12(8-19)6-13(14)7-16-15(3)9-17-18-10-15/h4-6,8-9,11,16,18H,7,10H2,1-3H3. The Labute approximate surface area is 114 Å². The molecule has 2 N–H and O–H groups in total. The molecular weight excluding hydrogens is 238 g/mol. The van der Waals surface area contributed by atoms with Crippen LogP contribution < -0.4 is 10.7 Å². The van der Waals surface area contributed by atoms with Crippen molar-refractivity contribution < 1.29 is 4.79 Å². The van der Waals surface area contributed by atoms with Crippen LogP contribution in [0.3, 0.4) is 0 Å². The van der Waals surface area contributed by atoms with Gasteiger partial charge in [0.2, 0.25) is 0 Å². The van der Waals surface area contributed by atoms with Crippen molar-refractivity contribution in [2.24, 2.45) is 5.10 Å². The maximum absolute atomic E-state index is 10.9. The van der Waals surface area contributed by atoms with Gasteiger partial charge in [0.1, 0.15) is 6.29 Å². The van der Waals surface area contributed by atoms with Crippen LogP contribution in [0.15, 0.2) is 23.3 Å². The highest BCUT2D eigenvalue weighted by atomic mass is 16.1. The number of hydrogen-bond donors (Lipinski definition) is 2. The summed E-state index contributed by atoms with van der Waals surface area (Å²) in [6.07, 6.45) is 2.79. The Morgan fingerprint density at radius 2 is 2.32 bits per heavy atom. The van der Waals surface area contributed by atoms with Crippen molar-refractivity contribution in [2.45, 2.75) is 38.8 Å². The predicted molar refractivity (Wildman–Crippen MR) is 77.7 cm³/mol. The molecular formula is C15H21N3O. The Hall–Kier alpha value is -1.68. The van der Waals surface area contributed by atoms with E-state index < -0.39 is 0 Å². The van der Waals surface area contributed by atoms with Gasteiger partial charge < -0.3 is 10.7 Å². The number of nitrogens with one attached hydrogen (secondary N) is 2. The molecule has 0 fully saturated rings. The highest BCUT2D eigenvalue weighted by Crippen LogP contribution is 2.21. The summed E-state index contributed by atoms with van der Waals surface area (Å²) in [6.45, 7) is 7.96. The summed E-state index contributed by atoms with van der Waals surface area (Å²) < 4.78 is 0. The number of benzene rings is 1. The minimum absolute atomic E-state index is 0.120. The molecule has 1 atom stereocenters. The van der Waals surface area contributed by atoms with Crippen molar-refractivity contribution in [3.63, 3.8) is 0 Å². The van der Waals surface area contributed by atoms with E-state index in [-0.39, 0.29) is 5.54 Å². The van der Waals surface area contributed by atoms with E-state index in [0.29, 0.717) is 5.92 Å². The average Bonchev–Trinajstić information content (AvgIpc) is 2.83. The Morgan fingerprint density at radius 3 is 2.89 bits per heavy atom. The maximum atomic E-state index is 10.9. The molecule has 0 amide bonds. The second kappa shape index (κ2) is 5.53. The van der Waals surface area contributed by atoms with Crippen LogP contribution in [-0.2, 0) is 6.54 Å². The fourth-order valence-corrected chi connectivity index (χ4v) is 2.26. The van der Waals surface area contributed by atoms with Crippen LogP contribution in [0.4, 0.5) is 0 Å². The van der Waals surface area contributed by atoms with Gasteiger partial charge in [-0.15, -0.1) is 0 Å². The number of carbonyl (C=O) groups excluding carboxylic acids is 1. The predicted octanol–water partition coefficient (Wildman–Crippen LogP) is 2.06. The monoisotopic (exact) mass is 259 g/mol. The van der Waals surface area contributed by atoms with Crippen LogP contribution in [0.5, 0.6) is 0 Å². The third-order valence-electron chi connectivity index (χ3n) is 3.49. The quantitative estimate of drug-likeness (QED) is 0.796. The van der Waals surface area contributed by atoms with Crippen LogP contribution in [0.25, 0.3) is 0 Å². The van der Waals surface area contributed by atoms with Gasteiger partial charge in [-0.25, -0.2) is 0 Å². The Morgan fingerprint density at radius 1 is 1.53 bits per heavy atom. The van der Waals surface area contributed by atoms with Crippen LogP contribution >= 0.6 is 0 Å². The first-order valence-electron chi connectivity index (χ1n) is 6.64. The lowest BCUT2D eigenvalue weighted by Crippen LogP contribution is -2.46. The second-order valence-electron chi connectivity index (χ2n) is 5.59. The van der Waals surface area contributed by atoms with Gasteiger partial charge in [-0.1, -0.05) is 26.0 Å². The SMILES string of the molecule is CC(C)c1ccc(C=O)cc1CNC1(C)C=NNC1. The summed E-state index contributed by atoms with van der Waals surface area (Å²) in [7, 11) is 0. The lowest BCUT2D eigenvalue weighted by Gasteiger charge is -2.23. The second-order valence-corrected chi connectivity index (χ2v) is 5.59. The zero-order chi connectivity index (χ0) is 13.9.